The van der Waals surface area contributed by atoms with E-state index in [0.29, 0.717) is 6.67 Å². The van der Waals surface area contributed by atoms with Crippen molar-refractivity contribution < 1.29 is 19.1 Å². The summed E-state index contributed by atoms with van der Waals surface area (Å²) in [6, 6.07) is 0. The molecule has 0 fully saturated rings. The van der Waals surface area contributed by atoms with Crippen molar-refractivity contribution in [3.63, 3.8) is 0 Å². The highest BCUT2D eigenvalue weighted by Gasteiger charge is 2.17. The SMILES string of the molecule is CC(C)OC(=O)OC(=O)C1=CC=NCN1. The van der Waals surface area contributed by atoms with Crippen molar-refractivity contribution in [1.29, 1.82) is 0 Å². The van der Waals surface area contributed by atoms with Crippen molar-refractivity contribution in [3.05, 3.63) is 11.8 Å². The number of hydrogen-bond donors (Lipinski definition) is 1. The second-order valence-electron chi connectivity index (χ2n) is 3.05. The van der Waals surface area contributed by atoms with E-state index >= 15 is 0 Å². The minimum atomic E-state index is -1.000. The standard InChI is InChI=1S/C9H12N2O4/c1-6(2)14-9(13)15-8(12)7-3-4-10-5-11-7/h3-4,6,11H,5H2,1-2H3. The Balaban J connectivity index is 2.45. The Hall–Kier alpha value is -1.85. The van der Waals surface area contributed by atoms with Gasteiger partial charge in [-0.15, -0.1) is 0 Å². The van der Waals surface area contributed by atoms with Crippen molar-refractivity contribution in [1.82, 2.24) is 5.32 Å². The van der Waals surface area contributed by atoms with Crippen LogP contribution in [0.5, 0.6) is 0 Å². The largest absolute Gasteiger partial charge is 0.516 e. The monoisotopic (exact) mass is 212 g/mol. The van der Waals surface area contributed by atoms with Gasteiger partial charge in [-0.05, 0) is 19.9 Å². The molecular weight excluding hydrogens is 200 g/mol. The van der Waals surface area contributed by atoms with E-state index in [1.807, 2.05) is 0 Å². The molecule has 0 radical (unpaired) electrons. The van der Waals surface area contributed by atoms with Gasteiger partial charge >= 0.3 is 12.1 Å². The van der Waals surface area contributed by atoms with Crippen LogP contribution in [0.4, 0.5) is 4.79 Å². The third kappa shape index (κ3) is 3.80. The summed E-state index contributed by atoms with van der Waals surface area (Å²) in [5.74, 6) is -0.771. The van der Waals surface area contributed by atoms with Crippen LogP contribution in [0.3, 0.4) is 0 Å². The van der Waals surface area contributed by atoms with E-state index < -0.39 is 12.1 Å². The molecule has 1 heterocycles. The Morgan fingerprint density at radius 3 is 2.80 bits per heavy atom. The first-order valence-corrected chi connectivity index (χ1v) is 4.46. The fourth-order valence-corrected chi connectivity index (χ4v) is 0.857. The maximum Gasteiger partial charge on any atom is 0.516 e. The van der Waals surface area contributed by atoms with Crippen molar-refractivity contribution in [3.8, 4) is 0 Å². The second kappa shape index (κ2) is 5.14. The van der Waals surface area contributed by atoms with Crippen LogP contribution in [0.1, 0.15) is 13.8 Å². The van der Waals surface area contributed by atoms with Gasteiger partial charge in [-0.3, -0.25) is 4.99 Å². The summed E-state index contributed by atoms with van der Waals surface area (Å²) in [5.41, 5.74) is 0.186. The van der Waals surface area contributed by atoms with E-state index in [2.05, 4.69) is 19.8 Å². The fraction of sp³-hybridized carbons (Fsp3) is 0.444. The van der Waals surface area contributed by atoms with Gasteiger partial charge in [0.1, 0.15) is 12.4 Å². The van der Waals surface area contributed by atoms with Gasteiger partial charge in [0.05, 0.1) is 6.10 Å². The van der Waals surface area contributed by atoms with Gasteiger partial charge in [-0.1, -0.05) is 0 Å². The lowest BCUT2D eigenvalue weighted by molar-refractivity contribution is -0.136. The molecule has 1 rings (SSSR count). The quantitative estimate of drug-likeness (QED) is 0.535. The topological polar surface area (TPSA) is 77.0 Å². The molecule has 0 aliphatic carbocycles. The molecule has 0 aromatic rings. The van der Waals surface area contributed by atoms with Gasteiger partial charge in [-0.2, -0.15) is 0 Å². The van der Waals surface area contributed by atoms with Crippen LogP contribution in [0.2, 0.25) is 0 Å². The van der Waals surface area contributed by atoms with Gasteiger partial charge in [0.2, 0.25) is 0 Å². The van der Waals surface area contributed by atoms with Crippen molar-refractivity contribution in [2.45, 2.75) is 20.0 Å². The number of aliphatic imine (C=N–C) groups is 1. The Morgan fingerprint density at radius 1 is 1.53 bits per heavy atom. The summed E-state index contributed by atoms with van der Waals surface area (Å²) in [7, 11) is 0. The molecule has 0 unspecified atom stereocenters. The lowest BCUT2D eigenvalue weighted by Crippen LogP contribution is -2.27. The molecule has 6 heteroatoms. The third-order valence-corrected chi connectivity index (χ3v) is 1.44. The lowest BCUT2D eigenvalue weighted by atomic mass is 10.4. The predicted octanol–water partition coefficient (Wildman–Crippen LogP) is 0.590. The molecule has 0 bridgehead atoms. The number of nitrogens with zero attached hydrogens (tertiary/aromatic N) is 1. The zero-order valence-corrected chi connectivity index (χ0v) is 8.52. The number of allylic oxidation sites excluding steroid dienone is 1. The molecule has 0 aromatic heterocycles. The van der Waals surface area contributed by atoms with E-state index in [1.165, 1.54) is 12.3 Å². The summed E-state index contributed by atoms with van der Waals surface area (Å²) in [6.07, 6.45) is 1.57. The first kappa shape index (κ1) is 11.2. The van der Waals surface area contributed by atoms with Crippen molar-refractivity contribution in [2.24, 2.45) is 4.99 Å². The summed E-state index contributed by atoms with van der Waals surface area (Å²) < 4.78 is 9.05. The second-order valence-corrected chi connectivity index (χ2v) is 3.05. The average molecular weight is 212 g/mol. The van der Waals surface area contributed by atoms with Crippen LogP contribution in [0.15, 0.2) is 16.8 Å². The molecule has 0 saturated carbocycles. The highest BCUT2D eigenvalue weighted by Crippen LogP contribution is 2.00. The van der Waals surface area contributed by atoms with Crippen LogP contribution < -0.4 is 5.32 Å². The van der Waals surface area contributed by atoms with Crippen LogP contribution in [0.25, 0.3) is 0 Å². The van der Waals surface area contributed by atoms with E-state index in [9.17, 15) is 9.59 Å². The normalized spacial score (nSPS) is 14.2. The van der Waals surface area contributed by atoms with Crippen molar-refractivity contribution >= 4 is 18.3 Å². The Labute approximate surface area is 87.0 Å². The number of carbonyl (C=O) groups excluding carboxylic acids is 2. The summed E-state index contributed by atoms with van der Waals surface area (Å²) in [6.45, 7) is 3.62. The molecule has 0 atom stereocenters. The number of hydrogen-bond acceptors (Lipinski definition) is 6. The number of carbonyl (C=O) groups is 2. The maximum atomic E-state index is 11.3. The van der Waals surface area contributed by atoms with Crippen molar-refractivity contribution in [2.75, 3.05) is 6.67 Å². The number of rotatable bonds is 2. The average Bonchev–Trinajstić information content (AvgIpc) is 2.17. The Kier molecular flexibility index (Phi) is 3.84. The van der Waals surface area contributed by atoms with Crippen LogP contribution in [0, 0.1) is 0 Å². The Morgan fingerprint density at radius 2 is 2.27 bits per heavy atom. The third-order valence-electron chi connectivity index (χ3n) is 1.44. The molecule has 15 heavy (non-hydrogen) atoms. The highest BCUT2D eigenvalue weighted by atomic mass is 16.7. The first-order valence-electron chi connectivity index (χ1n) is 4.46. The number of ether oxygens (including phenoxy) is 2. The molecule has 0 aromatic carbocycles. The summed E-state index contributed by atoms with van der Waals surface area (Å²) >= 11 is 0. The van der Waals surface area contributed by atoms with E-state index in [1.54, 1.807) is 13.8 Å². The smallest absolute Gasteiger partial charge is 0.431 e. The summed E-state index contributed by atoms with van der Waals surface area (Å²) in [4.78, 5) is 26.0. The molecule has 1 N–H and O–H groups in total. The zero-order valence-electron chi connectivity index (χ0n) is 8.52. The van der Waals surface area contributed by atoms with Gasteiger partial charge in [0, 0.05) is 6.21 Å². The molecule has 0 spiro atoms. The van der Waals surface area contributed by atoms with E-state index in [-0.39, 0.29) is 11.8 Å². The molecular formula is C9H12N2O4. The number of esters is 1. The molecule has 0 amide bonds. The fourth-order valence-electron chi connectivity index (χ4n) is 0.857. The molecule has 82 valence electrons. The van der Waals surface area contributed by atoms with Gasteiger partial charge in [0.25, 0.3) is 0 Å². The van der Waals surface area contributed by atoms with E-state index in [0.717, 1.165) is 0 Å². The zero-order chi connectivity index (χ0) is 11.3. The predicted molar refractivity (Wildman–Crippen MR) is 52.3 cm³/mol. The van der Waals surface area contributed by atoms with Gasteiger partial charge in [0.15, 0.2) is 0 Å². The lowest BCUT2D eigenvalue weighted by Gasteiger charge is -2.11. The maximum absolute atomic E-state index is 11.3. The molecule has 1 aliphatic rings. The number of nitrogens with one attached hydrogen (secondary N) is 1. The van der Waals surface area contributed by atoms with Crippen LogP contribution in [-0.4, -0.2) is 31.1 Å². The van der Waals surface area contributed by atoms with E-state index in [4.69, 9.17) is 0 Å². The molecule has 0 saturated heterocycles. The van der Waals surface area contributed by atoms with Gasteiger partial charge in [-0.25, -0.2) is 9.59 Å². The highest BCUT2D eigenvalue weighted by molar-refractivity contribution is 5.97. The minimum absolute atomic E-state index is 0.186. The van der Waals surface area contributed by atoms with Gasteiger partial charge < -0.3 is 14.8 Å². The molecule has 6 nitrogen and oxygen atoms in total. The first-order chi connectivity index (χ1) is 7.09. The van der Waals surface area contributed by atoms with Crippen LogP contribution in [-0.2, 0) is 14.3 Å². The van der Waals surface area contributed by atoms with Crippen LogP contribution >= 0.6 is 0 Å². The minimum Gasteiger partial charge on any atom is -0.431 e. The molecule has 1 aliphatic heterocycles. The summed E-state index contributed by atoms with van der Waals surface area (Å²) in [5, 5.41) is 2.66. The Bertz CT molecular complexity index is 320.